The molecule has 1 fully saturated rings. The summed E-state index contributed by atoms with van der Waals surface area (Å²) in [6, 6.07) is 0. The van der Waals surface area contributed by atoms with E-state index in [2.05, 4.69) is 39.1 Å². The van der Waals surface area contributed by atoms with Crippen LogP contribution in [-0.4, -0.2) is 11.8 Å². The SMILES string of the molecule is CC1=CC(C)CC(C2CC(=O)NC(=O)C2CC(C)C)C1. The molecule has 0 spiro atoms. The first kappa shape index (κ1) is 15.3. The summed E-state index contributed by atoms with van der Waals surface area (Å²) in [4.78, 5) is 24.0. The van der Waals surface area contributed by atoms with E-state index in [0.29, 0.717) is 24.2 Å². The first-order valence-electron chi connectivity index (χ1n) is 7.87. The van der Waals surface area contributed by atoms with E-state index in [9.17, 15) is 9.59 Å². The Morgan fingerprint density at radius 2 is 2.00 bits per heavy atom. The van der Waals surface area contributed by atoms with Crippen molar-refractivity contribution in [2.45, 2.75) is 53.4 Å². The molecule has 0 aromatic heterocycles. The number of amides is 2. The minimum atomic E-state index is -0.0835. The number of allylic oxidation sites excluding steroid dienone is 2. The van der Waals surface area contributed by atoms with Crippen LogP contribution in [0.5, 0.6) is 0 Å². The van der Waals surface area contributed by atoms with Gasteiger partial charge < -0.3 is 0 Å². The molecule has 0 radical (unpaired) electrons. The summed E-state index contributed by atoms with van der Waals surface area (Å²) in [5, 5.41) is 2.53. The van der Waals surface area contributed by atoms with E-state index in [-0.39, 0.29) is 23.7 Å². The Hall–Kier alpha value is -1.12. The predicted molar refractivity (Wildman–Crippen MR) is 79.8 cm³/mol. The molecule has 0 bridgehead atoms. The Labute approximate surface area is 122 Å². The van der Waals surface area contributed by atoms with Crippen LogP contribution in [0.3, 0.4) is 0 Å². The average Bonchev–Trinajstić information content (AvgIpc) is 2.30. The number of hydrogen-bond acceptors (Lipinski definition) is 2. The van der Waals surface area contributed by atoms with Crippen molar-refractivity contribution in [1.82, 2.24) is 5.32 Å². The zero-order valence-electron chi connectivity index (χ0n) is 13.1. The zero-order valence-corrected chi connectivity index (χ0v) is 13.1. The van der Waals surface area contributed by atoms with Gasteiger partial charge in [-0.15, -0.1) is 0 Å². The van der Waals surface area contributed by atoms with E-state index in [1.807, 2.05) is 0 Å². The summed E-state index contributed by atoms with van der Waals surface area (Å²) >= 11 is 0. The van der Waals surface area contributed by atoms with Gasteiger partial charge in [0.25, 0.3) is 0 Å². The summed E-state index contributed by atoms with van der Waals surface area (Å²) in [6.07, 6.45) is 5.89. The highest BCUT2D eigenvalue weighted by atomic mass is 16.2. The third kappa shape index (κ3) is 3.50. The molecule has 3 nitrogen and oxygen atoms in total. The second-order valence-corrected chi connectivity index (χ2v) is 7.21. The fourth-order valence-electron chi connectivity index (χ4n) is 4.04. The number of imide groups is 1. The Balaban J connectivity index is 2.18. The van der Waals surface area contributed by atoms with Crippen molar-refractivity contribution in [1.29, 1.82) is 0 Å². The maximum atomic E-state index is 12.2. The molecule has 2 amide bonds. The molecule has 0 aromatic rings. The van der Waals surface area contributed by atoms with Crippen molar-refractivity contribution in [2.24, 2.45) is 29.6 Å². The van der Waals surface area contributed by atoms with Gasteiger partial charge in [0.2, 0.25) is 11.8 Å². The van der Waals surface area contributed by atoms with E-state index in [1.54, 1.807) is 0 Å². The van der Waals surface area contributed by atoms with Gasteiger partial charge in [-0.05, 0) is 49.9 Å². The molecular formula is C17H27NO2. The first-order chi connectivity index (χ1) is 9.36. The summed E-state index contributed by atoms with van der Waals surface area (Å²) < 4.78 is 0. The van der Waals surface area contributed by atoms with Gasteiger partial charge in [-0.25, -0.2) is 0 Å². The maximum Gasteiger partial charge on any atom is 0.229 e. The minimum Gasteiger partial charge on any atom is -0.296 e. The van der Waals surface area contributed by atoms with Crippen LogP contribution in [0.25, 0.3) is 0 Å². The molecule has 20 heavy (non-hydrogen) atoms. The van der Waals surface area contributed by atoms with Crippen LogP contribution < -0.4 is 5.32 Å². The number of piperidine rings is 1. The molecule has 2 rings (SSSR count). The van der Waals surface area contributed by atoms with Crippen molar-refractivity contribution in [2.75, 3.05) is 0 Å². The molecule has 4 atom stereocenters. The highest BCUT2D eigenvalue weighted by Crippen LogP contribution is 2.41. The lowest BCUT2D eigenvalue weighted by Gasteiger charge is -2.39. The molecule has 3 heteroatoms. The van der Waals surface area contributed by atoms with Crippen LogP contribution in [0.15, 0.2) is 11.6 Å². The van der Waals surface area contributed by atoms with Crippen molar-refractivity contribution in [3.05, 3.63) is 11.6 Å². The quantitative estimate of drug-likeness (QED) is 0.635. The lowest BCUT2D eigenvalue weighted by Crippen LogP contribution is -2.48. The van der Waals surface area contributed by atoms with Gasteiger partial charge in [0.05, 0.1) is 0 Å². The van der Waals surface area contributed by atoms with Crippen molar-refractivity contribution in [3.8, 4) is 0 Å². The predicted octanol–water partition coefficient (Wildman–Crippen LogP) is 3.30. The van der Waals surface area contributed by atoms with E-state index in [4.69, 9.17) is 0 Å². The Bertz CT molecular complexity index is 425. The monoisotopic (exact) mass is 277 g/mol. The smallest absolute Gasteiger partial charge is 0.229 e. The topological polar surface area (TPSA) is 46.2 Å². The van der Waals surface area contributed by atoms with Gasteiger partial charge >= 0.3 is 0 Å². The second kappa shape index (κ2) is 6.11. The summed E-state index contributed by atoms with van der Waals surface area (Å²) in [5.41, 5.74) is 1.41. The molecule has 1 N–H and O–H groups in total. The van der Waals surface area contributed by atoms with E-state index in [0.717, 1.165) is 19.3 Å². The van der Waals surface area contributed by atoms with Crippen LogP contribution in [0.1, 0.15) is 53.4 Å². The van der Waals surface area contributed by atoms with Crippen LogP contribution in [0.4, 0.5) is 0 Å². The average molecular weight is 277 g/mol. The van der Waals surface area contributed by atoms with Crippen LogP contribution >= 0.6 is 0 Å². The van der Waals surface area contributed by atoms with Crippen molar-refractivity contribution < 1.29 is 9.59 Å². The summed E-state index contributed by atoms with van der Waals surface area (Å²) in [5.74, 6) is 1.64. The molecule has 2 aliphatic rings. The maximum absolute atomic E-state index is 12.2. The third-order valence-corrected chi connectivity index (χ3v) is 4.70. The van der Waals surface area contributed by atoms with Gasteiger partial charge in [0.15, 0.2) is 0 Å². The molecule has 1 aliphatic carbocycles. The summed E-state index contributed by atoms with van der Waals surface area (Å²) in [6.45, 7) is 8.70. The van der Waals surface area contributed by atoms with E-state index >= 15 is 0 Å². The Kier molecular flexibility index (Phi) is 4.66. The van der Waals surface area contributed by atoms with Gasteiger partial charge in [0.1, 0.15) is 0 Å². The Morgan fingerprint density at radius 3 is 2.60 bits per heavy atom. The largest absolute Gasteiger partial charge is 0.296 e. The molecule has 112 valence electrons. The molecule has 1 saturated heterocycles. The molecule has 4 unspecified atom stereocenters. The standard InChI is InChI=1S/C17H27NO2/c1-10(2)5-15-14(9-16(19)18-17(15)20)13-7-11(3)6-12(4)8-13/h6,10-11,13-15H,5,7-9H2,1-4H3,(H,18,19,20). The third-order valence-electron chi connectivity index (χ3n) is 4.70. The number of rotatable bonds is 3. The number of carbonyl (C=O) groups excluding carboxylic acids is 2. The molecular weight excluding hydrogens is 250 g/mol. The number of nitrogens with one attached hydrogen (secondary N) is 1. The molecule has 1 aliphatic heterocycles. The Morgan fingerprint density at radius 1 is 1.30 bits per heavy atom. The molecule has 0 saturated carbocycles. The van der Waals surface area contributed by atoms with Gasteiger partial charge in [-0.2, -0.15) is 0 Å². The summed E-state index contributed by atoms with van der Waals surface area (Å²) in [7, 11) is 0. The highest BCUT2D eigenvalue weighted by Gasteiger charge is 2.41. The zero-order chi connectivity index (χ0) is 14.9. The van der Waals surface area contributed by atoms with E-state index < -0.39 is 0 Å². The van der Waals surface area contributed by atoms with Crippen molar-refractivity contribution in [3.63, 3.8) is 0 Å². The lowest BCUT2D eigenvalue weighted by molar-refractivity contribution is -0.141. The second-order valence-electron chi connectivity index (χ2n) is 7.21. The fourth-order valence-corrected chi connectivity index (χ4v) is 4.04. The minimum absolute atomic E-state index is 0.01000. The lowest BCUT2D eigenvalue weighted by atomic mass is 9.67. The van der Waals surface area contributed by atoms with Gasteiger partial charge in [-0.3, -0.25) is 14.9 Å². The molecule has 1 heterocycles. The number of carbonyl (C=O) groups is 2. The number of hydrogen-bond donors (Lipinski definition) is 1. The fraction of sp³-hybridized carbons (Fsp3) is 0.765. The normalized spacial score (nSPS) is 35.0. The van der Waals surface area contributed by atoms with Crippen molar-refractivity contribution >= 4 is 11.8 Å². The van der Waals surface area contributed by atoms with E-state index in [1.165, 1.54) is 5.57 Å². The van der Waals surface area contributed by atoms with Gasteiger partial charge in [0, 0.05) is 12.3 Å². The highest BCUT2D eigenvalue weighted by molar-refractivity contribution is 5.99. The van der Waals surface area contributed by atoms with Gasteiger partial charge in [-0.1, -0.05) is 32.4 Å². The van der Waals surface area contributed by atoms with Crippen LogP contribution in [0, 0.1) is 29.6 Å². The first-order valence-corrected chi connectivity index (χ1v) is 7.87. The van der Waals surface area contributed by atoms with Crippen LogP contribution in [0.2, 0.25) is 0 Å². The van der Waals surface area contributed by atoms with Crippen LogP contribution in [-0.2, 0) is 9.59 Å². The molecule has 0 aromatic carbocycles.